The zero-order chi connectivity index (χ0) is 71.4. The first-order valence-electron chi connectivity index (χ1n) is 46.2. The van der Waals surface area contributed by atoms with Gasteiger partial charge in [-0.3, -0.25) is 0 Å². The molecule has 0 rings (SSSR count). The van der Waals surface area contributed by atoms with Gasteiger partial charge in [0, 0.05) is 36.9 Å². The monoisotopic (exact) mass is 1420 g/mol. The summed E-state index contributed by atoms with van der Waals surface area (Å²) in [6.45, 7) is 17.8. The molecule has 6 nitrogen and oxygen atoms in total. The number of carboxylic acid groups (broad SMARTS) is 2. The van der Waals surface area contributed by atoms with E-state index in [1.54, 1.807) is 0 Å². The summed E-state index contributed by atoms with van der Waals surface area (Å²) in [5.41, 5.74) is 0. The topological polar surface area (TPSA) is 86.7 Å². The van der Waals surface area contributed by atoms with E-state index < -0.39 is 11.9 Å². The molecule has 0 aliphatic rings. The van der Waals surface area contributed by atoms with E-state index in [0.717, 1.165) is 51.9 Å². The van der Waals surface area contributed by atoms with E-state index in [9.17, 15) is 19.8 Å². The van der Waals surface area contributed by atoms with Crippen molar-refractivity contribution in [3.8, 4) is 0 Å². The number of carbonyl (C=O) groups excluding carboxylic acids is 2. The van der Waals surface area contributed by atoms with Crippen LogP contribution in [0.4, 0.5) is 0 Å². The van der Waals surface area contributed by atoms with Gasteiger partial charge >= 0.3 is 37.7 Å². The second-order valence-corrected chi connectivity index (χ2v) is 32.2. The van der Waals surface area contributed by atoms with E-state index >= 15 is 0 Å². The predicted octanol–water partition coefficient (Wildman–Crippen LogP) is 29.0. The van der Waals surface area contributed by atoms with E-state index in [2.05, 4.69) is 51.3 Å². The summed E-state index contributed by atoms with van der Waals surface area (Å²) in [5.74, 6) is -1.75. The van der Waals surface area contributed by atoms with Crippen LogP contribution in [-0.4, -0.2) is 97.7 Å². The Labute approximate surface area is 655 Å². The molecule has 0 heterocycles. The normalized spacial score (nSPS) is 12.2. The fraction of sp³-hybridized carbons (Fsp3) is 0.978. The van der Waals surface area contributed by atoms with Crippen LogP contribution < -0.4 is 10.2 Å². The van der Waals surface area contributed by atoms with Crippen molar-refractivity contribution in [1.29, 1.82) is 0 Å². The molecule has 0 spiro atoms. The van der Waals surface area contributed by atoms with Crippen LogP contribution >= 0.6 is 0 Å². The molecule has 2 unspecified atom stereocenters. The summed E-state index contributed by atoms with van der Waals surface area (Å²) in [6.07, 6.45) is 105. The Morgan fingerprint density at radius 1 is 0.192 bits per heavy atom. The number of unbranched alkanes of at least 4 members (excludes halogenated alkanes) is 68. The minimum Gasteiger partial charge on any atom is -0.550 e. The molecule has 99 heavy (non-hydrogen) atoms. The number of rotatable bonds is 86. The van der Waals surface area contributed by atoms with Gasteiger partial charge in [0.15, 0.2) is 0 Å². The molecule has 0 aromatic heterocycles. The number of nitrogens with zero attached hydrogens (tertiary/aromatic N) is 2. The summed E-state index contributed by atoms with van der Waals surface area (Å²) >= 11 is 0. The maximum atomic E-state index is 11.5. The van der Waals surface area contributed by atoms with Gasteiger partial charge in [-0.2, -0.15) is 0 Å². The molecule has 0 fully saturated rings. The Balaban J connectivity index is -0.00000184. The largest absolute Gasteiger partial charge is 2.00 e. The maximum Gasteiger partial charge on any atom is 2.00 e. The molecule has 0 radical (unpaired) electrons. The average molecular weight is 1420 g/mol. The Bertz CT molecular complexity index is 1280. The van der Waals surface area contributed by atoms with Gasteiger partial charge in [-0.05, 0) is 64.7 Å². The molecule has 2 atom stereocenters. The second kappa shape index (κ2) is 92.3. The van der Waals surface area contributed by atoms with Crippen molar-refractivity contribution in [2.75, 3.05) is 26.2 Å². The number of hydrogen-bond donors (Lipinski definition) is 0. The van der Waals surface area contributed by atoms with Crippen molar-refractivity contribution in [2.45, 2.75) is 554 Å². The van der Waals surface area contributed by atoms with E-state index in [0.29, 0.717) is 0 Å². The molecular formula is C92H184CaN2O4. The summed E-state index contributed by atoms with van der Waals surface area (Å²) in [6, 6.07) is 0.318. The van der Waals surface area contributed by atoms with Crippen LogP contribution in [0, 0.1) is 0 Å². The minimum atomic E-state index is -0.876. The predicted molar refractivity (Wildman–Crippen MR) is 441 cm³/mol. The number of carboxylic acids is 2. The van der Waals surface area contributed by atoms with Gasteiger partial charge in [-0.25, -0.2) is 0 Å². The molecule has 0 aliphatic carbocycles. The van der Waals surface area contributed by atoms with E-state index in [-0.39, 0.29) is 62.7 Å². The van der Waals surface area contributed by atoms with Crippen molar-refractivity contribution in [1.82, 2.24) is 9.80 Å². The van der Waals surface area contributed by atoms with Gasteiger partial charge in [0.05, 0.1) is 0 Å². The third kappa shape index (κ3) is 86.9. The molecule has 0 amide bonds. The van der Waals surface area contributed by atoms with Gasteiger partial charge in [-0.15, -0.1) is 0 Å². The number of carbonyl (C=O) groups is 2. The van der Waals surface area contributed by atoms with E-state index in [1.807, 2.05) is 0 Å². The van der Waals surface area contributed by atoms with Crippen LogP contribution in [-0.2, 0) is 9.59 Å². The van der Waals surface area contributed by atoms with Gasteiger partial charge in [0.25, 0.3) is 0 Å². The molecule has 0 aromatic carbocycles. The summed E-state index contributed by atoms with van der Waals surface area (Å²) in [7, 11) is 0. The molecule has 0 saturated heterocycles. The van der Waals surface area contributed by atoms with Crippen molar-refractivity contribution >= 4 is 49.7 Å². The van der Waals surface area contributed by atoms with Crippen LogP contribution in [0.5, 0.6) is 0 Å². The van der Waals surface area contributed by atoms with Crippen molar-refractivity contribution in [3.63, 3.8) is 0 Å². The summed E-state index contributed by atoms with van der Waals surface area (Å²) < 4.78 is 0. The Morgan fingerprint density at radius 2 is 0.303 bits per heavy atom. The Kier molecular flexibility index (Phi) is 96.3. The van der Waals surface area contributed by atoms with Gasteiger partial charge < -0.3 is 29.6 Å². The molecular weight excluding hydrogens is 1240 g/mol. The van der Waals surface area contributed by atoms with E-state index in [1.165, 1.54) is 462 Å². The molecule has 0 N–H and O–H groups in total. The van der Waals surface area contributed by atoms with Crippen molar-refractivity contribution in [3.05, 3.63) is 0 Å². The molecule has 0 aliphatic heterocycles. The van der Waals surface area contributed by atoms with Crippen molar-refractivity contribution in [2.24, 2.45) is 0 Å². The first kappa shape index (κ1) is 103. The molecule has 7 heteroatoms. The number of aliphatic carboxylic acids is 2. The Morgan fingerprint density at radius 3 is 0.404 bits per heavy atom. The van der Waals surface area contributed by atoms with E-state index in [4.69, 9.17) is 0 Å². The molecule has 0 aromatic rings. The molecule has 0 bridgehead atoms. The van der Waals surface area contributed by atoms with Crippen LogP contribution in [0.3, 0.4) is 0 Å². The van der Waals surface area contributed by atoms with Crippen LogP contribution in [0.2, 0.25) is 0 Å². The SMILES string of the molecule is CCCCCCCCCCCCCCCCCCCCN(CCCCCCCCCCCCCCCCCCCC)C(CCC)CC(=O)[O-].CCCCCCCCCCCCCCCCCCCCN(CCCCCCCCCCCCCCCCCCCC)C(CCC)CC(=O)[O-].[Ca+2]. The first-order valence-corrected chi connectivity index (χ1v) is 46.2. The summed E-state index contributed by atoms with van der Waals surface area (Å²) in [4.78, 5) is 28.1. The molecule has 588 valence electrons. The smallest absolute Gasteiger partial charge is 0.550 e. The summed E-state index contributed by atoms with van der Waals surface area (Å²) in [5, 5.41) is 23.1. The standard InChI is InChI=1S/2C46H93NO2.Ca/c2*1-4-7-9-11-13-15-17-19-21-23-25-27-29-31-33-35-37-39-42-47(45(41-6-3)44-46(48)49)43-40-38-36-34-32-30-28-26-24-22-20-18-16-14-12-10-8-5-2;/h2*45H,4-44H2,1-3H3,(H,48,49);/q;;+2/p-2. The molecule has 0 saturated carbocycles. The number of hydrogen-bond acceptors (Lipinski definition) is 6. The van der Waals surface area contributed by atoms with Crippen LogP contribution in [0.25, 0.3) is 0 Å². The second-order valence-electron chi connectivity index (χ2n) is 32.2. The third-order valence-electron chi connectivity index (χ3n) is 22.3. The fourth-order valence-corrected chi connectivity index (χ4v) is 15.7. The minimum absolute atomic E-state index is 0. The van der Waals surface area contributed by atoms with Gasteiger partial charge in [0.2, 0.25) is 0 Å². The van der Waals surface area contributed by atoms with Crippen molar-refractivity contribution < 1.29 is 19.8 Å². The quantitative estimate of drug-likeness (QED) is 0.0445. The zero-order valence-corrected chi connectivity index (χ0v) is 71.6. The average Bonchev–Trinajstić information content (AvgIpc) is 1.42. The van der Waals surface area contributed by atoms with Crippen LogP contribution in [0.15, 0.2) is 0 Å². The van der Waals surface area contributed by atoms with Gasteiger partial charge in [0.1, 0.15) is 0 Å². The zero-order valence-electron chi connectivity index (χ0n) is 69.4. The van der Waals surface area contributed by atoms with Crippen LogP contribution in [0.1, 0.15) is 542 Å². The Hall–Kier alpha value is 0.120. The fourth-order valence-electron chi connectivity index (χ4n) is 15.7. The third-order valence-corrected chi connectivity index (χ3v) is 22.3. The maximum absolute atomic E-state index is 11.5. The van der Waals surface area contributed by atoms with Gasteiger partial charge in [-0.1, -0.05) is 491 Å². The first-order chi connectivity index (χ1) is 48.3.